The molecule has 0 radical (unpaired) electrons. The van der Waals surface area contributed by atoms with E-state index in [-0.39, 0.29) is 78.0 Å². The number of anilines is 1. The zero-order chi connectivity index (χ0) is 86.4. The molecule has 0 aliphatic heterocycles. The highest BCUT2D eigenvalue weighted by atomic mass is 32.1. The molecule has 7 N–H and O–H groups in total. The number of nitrogens with zero attached hydrogens (tertiary/aromatic N) is 18. The number of benzene rings is 5. The third-order valence-electron chi connectivity index (χ3n) is 17.0. The molecule has 120 heavy (non-hydrogen) atoms. The van der Waals surface area contributed by atoms with Crippen molar-refractivity contribution in [1.82, 2.24) is 110 Å². The molecule has 7 heterocycles. The minimum Gasteiger partial charge on any atom is -0.366 e. The fraction of sp³-hybridized carbons (Fsp3) is 0.253. The first kappa shape index (κ1) is 89.3. The molecule has 0 spiro atoms. The molecule has 0 atom stereocenters. The van der Waals surface area contributed by atoms with Crippen molar-refractivity contribution in [3.8, 4) is 56.9 Å². The van der Waals surface area contributed by atoms with Crippen LogP contribution in [0.2, 0.25) is 0 Å². The Labute approximate surface area is 698 Å². The van der Waals surface area contributed by atoms with Crippen LogP contribution in [-0.4, -0.2) is 155 Å². The average molecular weight is 1640 g/mol. The number of aromatic nitrogens is 18. The highest BCUT2D eigenvalue weighted by Gasteiger charge is 2.29. The van der Waals surface area contributed by atoms with Crippen LogP contribution in [0.15, 0.2) is 177 Å². The summed E-state index contributed by atoms with van der Waals surface area (Å²) in [6, 6.07) is 30.6. The Bertz CT molecular complexity index is 5510. The smallest absolute Gasteiger partial charge is 0.263 e. The second-order valence-electron chi connectivity index (χ2n) is 28.7. The minimum absolute atomic E-state index is 0.00599. The maximum atomic E-state index is 11.8. The van der Waals surface area contributed by atoms with Gasteiger partial charge in [-0.1, -0.05) is 107 Å². The standard InChI is InChI=1S/C18H20N4O2.2C18H22N4O2.C17H16N6O.C16H16N6OS/c1-12-7-13(2)9-15(8-12)17-20-11-22(21-17)6-5-16(23)10-19-18(24)14-3-4-14;1-12(2)18(24)19-10-16(23)5-6-22-11-20-17(21-22)15-8-13(3)7-14(4)9-15;1-4-5-17(24)19-11-16(23)6-7-22-12-20-18(21-22)15-9-13(2)8-14(3)10-15;1-11-3-12(2)5-13(4-11)17-21-10-23(22-17)8-15(16(18)24)14-6-19-9-20-7-14;1-11-7-12(2)9-13(8-11)15-18-10-22(21-15)5-3-14(23)19-20-16-17-4-6-24-16/h5-9,11,14H,3-4,10H2,1-2H3,(H,19,24);5-9,11-12H,10H2,1-4H3,(H,19,24);6-10,12H,4-5,11H2,1-3H3,(H,19,24);3-10H,1-2H3,(H2,18,24);3-10H,1-2H3,(H,17,20)(H,19,23)/b2*6-5-;7-6-;15-8-;5-3-. The van der Waals surface area contributed by atoms with E-state index in [1.807, 2.05) is 142 Å². The summed E-state index contributed by atoms with van der Waals surface area (Å²) in [5.41, 5.74) is 27.6. The number of amides is 5. The molecule has 0 unspecified atom stereocenters. The number of aryl methyl sites for hydroxylation is 10. The van der Waals surface area contributed by atoms with Crippen LogP contribution in [0.5, 0.6) is 0 Å². The maximum absolute atomic E-state index is 11.8. The van der Waals surface area contributed by atoms with Crippen LogP contribution in [0.4, 0.5) is 5.13 Å². The summed E-state index contributed by atoms with van der Waals surface area (Å²) in [5.74, 6) is 1.22. The molecule has 32 nitrogen and oxygen atoms in total. The van der Waals surface area contributed by atoms with Crippen molar-refractivity contribution in [2.45, 2.75) is 116 Å². The van der Waals surface area contributed by atoms with Crippen LogP contribution in [-0.2, 0) is 38.4 Å². The number of hydrogen-bond acceptors (Lipinski definition) is 23. The molecule has 33 heteroatoms. The van der Waals surface area contributed by atoms with Gasteiger partial charge in [0.05, 0.1) is 25.2 Å². The van der Waals surface area contributed by atoms with Crippen LogP contribution in [0.25, 0.3) is 93.5 Å². The third kappa shape index (κ3) is 29.6. The Hall–Kier alpha value is -14.6. The Morgan fingerprint density at radius 1 is 0.458 bits per heavy atom. The topological polar surface area (TPSA) is 415 Å². The first-order chi connectivity index (χ1) is 57.5. The molecule has 1 fully saturated rings. The van der Waals surface area contributed by atoms with Crippen LogP contribution >= 0.6 is 11.3 Å². The molecule has 5 amide bonds. The van der Waals surface area contributed by atoms with Gasteiger partial charge < -0.3 is 21.7 Å². The number of carbonyl (C=O) groups is 8. The van der Waals surface area contributed by atoms with E-state index in [0.717, 1.165) is 103 Å². The Balaban J connectivity index is 0.000000171. The van der Waals surface area contributed by atoms with E-state index in [1.165, 1.54) is 109 Å². The van der Waals surface area contributed by atoms with Crippen LogP contribution in [0, 0.1) is 81.1 Å². The molecule has 0 saturated heterocycles. The molecule has 0 bridgehead atoms. The SMILES string of the molecule is CCCC(=O)NCC(=O)/C=C\n1cnc(-c2cc(C)cc(C)c2)n1.Cc1cc(C)cc(-c2ncn(/C=C(\C(N)=O)c3cncnc3)n2)c1.Cc1cc(C)cc(-c2ncn(/C=C\C(=O)CNC(=O)C(C)C)n2)c1.Cc1cc(C)cc(-c2ncn(/C=C\C(=O)CNC(=O)C3CC3)n2)c1.Cc1cc(C)cc(-c2ncn(/C=C\C(=O)NNc3nccs3)n2)c1. The van der Waals surface area contributed by atoms with Gasteiger partial charge in [0.15, 0.2) is 46.5 Å². The normalized spacial score (nSPS) is 11.7. The van der Waals surface area contributed by atoms with Crippen LogP contribution in [0.1, 0.15) is 108 Å². The van der Waals surface area contributed by atoms with E-state index < -0.39 is 5.91 Å². The molecular weight excluding hydrogens is 1540 g/mol. The van der Waals surface area contributed by atoms with Gasteiger partial charge in [0.2, 0.25) is 22.9 Å². The Morgan fingerprint density at radius 2 is 0.800 bits per heavy atom. The second-order valence-corrected chi connectivity index (χ2v) is 29.6. The molecule has 618 valence electrons. The van der Waals surface area contributed by atoms with Gasteiger partial charge in [-0.2, -0.15) is 0 Å². The fourth-order valence-electron chi connectivity index (χ4n) is 11.5. The van der Waals surface area contributed by atoms with E-state index in [4.69, 9.17) is 5.73 Å². The zero-order valence-corrected chi connectivity index (χ0v) is 69.9. The number of thiazole rings is 1. The molecule has 1 aliphatic rings. The predicted octanol–water partition coefficient (Wildman–Crippen LogP) is 11.5. The van der Waals surface area contributed by atoms with Gasteiger partial charge in [0.1, 0.15) is 38.0 Å². The average Bonchev–Trinajstić information content (AvgIpc) is 1.69. The Kier molecular flexibility index (Phi) is 32.7. The summed E-state index contributed by atoms with van der Waals surface area (Å²) in [4.78, 5) is 126. The molecule has 12 aromatic rings. The van der Waals surface area contributed by atoms with Crippen molar-refractivity contribution in [1.29, 1.82) is 0 Å². The third-order valence-corrected chi connectivity index (χ3v) is 17.7. The highest BCUT2D eigenvalue weighted by Crippen LogP contribution is 2.29. The van der Waals surface area contributed by atoms with E-state index in [2.05, 4.69) is 122 Å². The Morgan fingerprint density at radius 3 is 1.13 bits per heavy atom. The van der Waals surface area contributed by atoms with Crippen molar-refractivity contribution < 1.29 is 38.4 Å². The molecule has 1 aliphatic carbocycles. The zero-order valence-electron chi connectivity index (χ0n) is 69.0. The van der Waals surface area contributed by atoms with E-state index in [1.54, 1.807) is 51.6 Å². The number of rotatable bonds is 28. The molecular formula is C87H96N24O8S. The first-order valence-electron chi connectivity index (χ1n) is 38.3. The maximum Gasteiger partial charge on any atom is 0.263 e. The van der Waals surface area contributed by atoms with Crippen LogP contribution < -0.4 is 32.5 Å². The lowest BCUT2D eigenvalue weighted by atomic mass is 10.1. The minimum atomic E-state index is -0.590. The van der Waals surface area contributed by atoms with Crippen molar-refractivity contribution in [2.24, 2.45) is 17.6 Å². The van der Waals surface area contributed by atoms with Gasteiger partial charge in [0, 0.05) is 131 Å². The molecule has 7 aromatic heterocycles. The molecule has 1 saturated carbocycles. The summed E-state index contributed by atoms with van der Waals surface area (Å²) in [6.07, 6.45) is 30.0. The summed E-state index contributed by atoms with van der Waals surface area (Å²) in [7, 11) is 0. The number of nitrogens with one attached hydrogen (secondary N) is 5. The van der Waals surface area contributed by atoms with Gasteiger partial charge in [-0.3, -0.25) is 49.2 Å². The lowest BCUT2D eigenvalue weighted by molar-refractivity contribution is -0.126. The summed E-state index contributed by atoms with van der Waals surface area (Å²) < 4.78 is 7.41. The van der Waals surface area contributed by atoms with E-state index in [9.17, 15) is 38.4 Å². The lowest BCUT2D eigenvalue weighted by Crippen LogP contribution is -2.31. The molecule has 5 aromatic carbocycles. The lowest BCUT2D eigenvalue weighted by Gasteiger charge is -2.04. The van der Waals surface area contributed by atoms with Crippen molar-refractivity contribution in [3.63, 3.8) is 0 Å². The van der Waals surface area contributed by atoms with Crippen molar-refractivity contribution in [2.75, 3.05) is 25.1 Å². The number of carbonyl (C=O) groups excluding carboxylic acids is 8. The number of ketones is 3. The van der Waals surface area contributed by atoms with E-state index >= 15 is 0 Å². The second kappa shape index (κ2) is 43.9. The van der Waals surface area contributed by atoms with Crippen LogP contribution in [0.3, 0.4) is 0 Å². The largest absolute Gasteiger partial charge is 0.366 e. The number of hydrogen-bond donors (Lipinski definition) is 6. The fourth-order valence-corrected chi connectivity index (χ4v) is 12.0. The van der Waals surface area contributed by atoms with Gasteiger partial charge >= 0.3 is 0 Å². The number of hydrazine groups is 1. The number of nitrogens with two attached hydrogens (primary N) is 1. The van der Waals surface area contributed by atoms with Crippen molar-refractivity contribution >= 4 is 99.9 Å². The number of primary amides is 1. The molecule has 13 rings (SSSR count). The van der Waals surface area contributed by atoms with Gasteiger partial charge in [-0.15, -0.1) is 36.8 Å². The van der Waals surface area contributed by atoms with E-state index in [0.29, 0.717) is 46.2 Å². The first-order valence-corrected chi connectivity index (χ1v) is 39.2. The van der Waals surface area contributed by atoms with Gasteiger partial charge in [0.25, 0.3) is 11.8 Å². The monoisotopic (exact) mass is 1640 g/mol. The highest BCUT2D eigenvalue weighted by molar-refractivity contribution is 7.13. The summed E-state index contributed by atoms with van der Waals surface area (Å²) in [5, 5.41) is 32.0. The predicted molar refractivity (Wildman–Crippen MR) is 462 cm³/mol. The quantitative estimate of drug-likeness (QED) is 0.0196. The van der Waals surface area contributed by atoms with Gasteiger partial charge in [-0.05, 0) is 149 Å². The van der Waals surface area contributed by atoms with Gasteiger partial charge in [-0.25, -0.2) is 63.3 Å². The summed E-state index contributed by atoms with van der Waals surface area (Å²) >= 11 is 1.39. The summed E-state index contributed by atoms with van der Waals surface area (Å²) in [6.45, 7) is 25.7. The van der Waals surface area contributed by atoms with Crippen molar-refractivity contribution in [3.05, 3.63) is 238 Å².